The van der Waals surface area contributed by atoms with Crippen molar-refractivity contribution in [3.8, 4) is 0 Å². The lowest BCUT2D eigenvalue weighted by atomic mass is 9.94. The molecule has 0 radical (unpaired) electrons. The minimum absolute atomic E-state index is 0.00398. The Bertz CT molecular complexity index is 654. The van der Waals surface area contributed by atoms with Gasteiger partial charge in [0.1, 0.15) is 0 Å². The van der Waals surface area contributed by atoms with Crippen LogP contribution in [0, 0.1) is 5.41 Å². The van der Waals surface area contributed by atoms with E-state index in [-0.39, 0.29) is 29.1 Å². The van der Waals surface area contributed by atoms with E-state index >= 15 is 0 Å². The molecule has 1 aromatic rings. The van der Waals surface area contributed by atoms with Crippen molar-refractivity contribution in [2.75, 3.05) is 25.0 Å². The summed E-state index contributed by atoms with van der Waals surface area (Å²) in [6, 6.07) is 7.08. The molecule has 2 amide bonds. The number of carbonyl (C=O) groups is 3. The summed E-state index contributed by atoms with van der Waals surface area (Å²) in [5.74, 6) is 0.00440. The van der Waals surface area contributed by atoms with E-state index < -0.39 is 0 Å². The zero-order valence-corrected chi connectivity index (χ0v) is 16.1. The number of nitrogens with one attached hydrogen (secondary N) is 2. The highest BCUT2D eigenvalue weighted by Crippen LogP contribution is 2.16. The van der Waals surface area contributed by atoms with Gasteiger partial charge in [-0.2, -0.15) is 0 Å². The van der Waals surface area contributed by atoms with Crippen molar-refractivity contribution in [3.05, 3.63) is 29.8 Å². The first-order chi connectivity index (χ1) is 12.1. The second-order valence-electron chi connectivity index (χ2n) is 7.96. The Kier molecular flexibility index (Phi) is 6.53. The largest absolute Gasteiger partial charge is 0.353 e. The van der Waals surface area contributed by atoms with E-state index in [0.717, 1.165) is 25.9 Å². The molecule has 0 saturated carbocycles. The van der Waals surface area contributed by atoms with Crippen molar-refractivity contribution in [3.63, 3.8) is 0 Å². The average Bonchev–Trinajstić information content (AvgIpc) is 2.56. The summed E-state index contributed by atoms with van der Waals surface area (Å²) in [6.45, 7) is 9.13. The van der Waals surface area contributed by atoms with Crippen molar-refractivity contribution in [1.29, 1.82) is 0 Å². The summed E-state index contributed by atoms with van der Waals surface area (Å²) >= 11 is 0. The van der Waals surface area contributed by atoms with Crippen LogP contribution in [0.25, 0.3) is 0 Å². The van der Waals surface area contributed by atoms with Gasteiger partial charge in [-0.15, -0.1) is 0 Å². The van der Waals surface area contributed by atoms with Crippen LogP contribution in [0.2, 0.25) is 0 Å². The number of likely N-dealkylation sites (tertiary alicyclic amines) is 1. The number of Topliss-reactive ketones (excluding diaryl/α,β-unsaturated/α-hetero) is 1. The average molecular weight is 359 g/mol. The lowest BCUT2D eigenvalue weighted by Crippen LogP contribution is -2.48. The van der Waals surface area contributed by atoms with Gasteiger partial charge in [-0.05, 0) is 44.0 Å². The Morgan fingerprint density at radius 2 is 1.65 bits per heavy atom. The third kappa shape index (κ3) is 5.95. The van der Waals surface area contributed by atoms with E-state index in [1.54, 1.807) is 24.3 Å². The Morgan fingerprint density at radius 1 is 1.08 bits per heavy atom. The maximum absolute atomic E-state index is 12.2. The van der Waals surface area contributed by atoms with Crippen LogP contribution >= 0.6 is 0 Å². The molecule has 2 N–H and O–H groups in total. The first-order valence-corrected chi connectivity index (χ1v) is 9.09. The standard InChI is InChI=1S/C20H29N3O3/c1-14(24)15-5-7-16(8-6-15)21-18(25)13-23-11-9-17(10-12-23)22-19(26)20(2,3)4/h5-8,17H,9-13H2,1-4H3,(H,21,25)(H,22,26). The molecule has 1 aliphatic rings. The van der Waals surface area contributed by atoms with Gasteiger partial charge < -0.3 is 10.6 Å². The number of amides is 2. The van der Waals surface area contributed by atoms with E-state index in [0.29, 0.717) is 17.8 Å². The molecule has 1 aromatic carbocycles. The third-order valence-electron chi connectivity index (χ3n) is 4.55. The van der Waals surface area contributed by atoms with Gasteiger partial charge in [0, 0.05) is 35.8 Å². The van der Waals surface area contributed by atoms with Crippen LogP contribution in [0.15, 0.2) is 24.3 Å². The van der Waals surface area contributed by atoms with Crippen LogP contribution in [-0.4, -0.2) is 48.2 Å². The topological polar surface area (TPSA) is 78.5 Å². The van der Waals surface area contributed by atoms with E-state index in [4.69, 9.17) is 0 Å². The minimum Gasteiger partial charge on any atom is -0.353 e. The molecule has 1 heterocycles. The Labute approximate surface area is 155 Å². The molecular formula is C20H29N3O3. The predicted octanol–water partition coefficient (Wildman–Crippen LogP) is 2.45. The maximum Gasteiger partial charge on any atom is 0.238 e. The SMILES string of the molecule is CC(=O)c1ccc(NC(=O)CN2CCC(NC(=O)C(C)(C)C)CC2)cc1. The van der Waals surface area contributed by atoms with E-state index in [9.17, 15) is 14.4 Å². The predicted molar refractivity (Wildman–Crippen MR) is 102 cm³/mol. The van der Waals surface area contributed by atoms with Gasteiger partial charge in [0.25, 0.3) is 0 Å². The number of anilines is 1. The van der Waals surface area contributed by atoms with Crippen LogP contribution in [0.3, 0.4) is 0 Å². The van der Waals surface area contributed by atoms with Crippen molar-refractivity contribution in [1.82, 2.24) is 10.2 Å². The number of benzene rings is 1. The number of carbonyl (C=O) groups excluding carboxylic acids is 3. The summed E-state index contributed by atoms with van der Waals surface area (Å²) in [5, 5.41) is 5.95. The van der Waals surface area contributed by atoms with Crippen LogP contribution in [0.4, 0.5) is 5.69 Å². The van der Waals surface area contributed by atoms with Crippen LogP contribution in [0.1, 0.15) is 50.9 Å². The van der Waals surface area contributed by atoms with Gasteiger partial charge in [-0.25, -0.2) is 0 Å². The Balaban J connectivity index is 1.75. The molecule has 0 unspecified atom stereocenters. The Hall–Kier alpha value is -2.21. The molecule has 0 atom stereocenters. The second-order valence-corrected chi connectivity index (χ2v) is 7.96. The lowest BCUT2D eigenvalue weighted by molar-refractivity contribution is -0.129. The summed E-state index contributed by atoms with van der Waals surface area (Å²) in [5.41, 5.74) is 0.935. The van der Waals surface area contributed by atoms with Gasteiger partial charge in [0.2, 0.25) is 11.8 Å². The maximum atomic E-state index is 12.2. The molecule has 0 aliphatic carbocycles. The number of hydrogen-bond donors (Lipinski definition) is 2. The zero-order chi connectivity index (χ0) is 19.3. The van der Waals surface area contributed by atoms with E-state index in [1.165, 1.54) is 6.92 Å². The van der Waals surface area contributed by atoms with Crippen LogP contribution in [0.5, 0.6) is 0 Å². The highest BCUT2D eigenvalue weighted by molar-refractivity contribution is 5.96. The number of piperidine rings is 1. The Morgan fingerprint density at radius 3 is 2.15 bits per heavy atom. The molecular weight excluding hydrogens is 330 g/mol. The van der Waals surface area contributed by atoms with Gasteiger partial charge in [0.05, 0.1) is 6.54 Å². The minimum atomic E-state index is -0.380. The molecule has 142 valence electrons. The fourth-order valence-corrected chi connectivity index (χ4v) is 2.83. The molecule has 0 bridgehead atoms. The summed E-state index contributed by atoms with van der Waals surface area (Å²) in [4.78, 5) is 37.6. The number of rotatable bonds is 5. The highest BCUT2D eigenvalue weighted by atomic mass is 16.2. The number of nitrogens with zero attached hydrogens (tertiary/aromatic N) is 1. The van der Waals surface area contributed by atoms with Gasteiger partial charge in [0.15, 0.2) is 5.78 Å². The van der Waals surface area contributed by atoms with Crippen molar-refractivity contribution < 1.29 is 14.4 Å². The monoisotopic (exact) mass is 359 g/mol. The van der Waals surface area contributed by atoms with E-state index in [1.807, 2.05) is 20.8 Å². The van der Waals surface area contributed by atoms with Gasteiger partial charge in [-0.1, -0.05) is 20.8 Å². The first-order valence-electron chi connectivity index (χ1n) is 9.09. The molecule has 1 aliphatic heterocycles. The van der Waals surface area contributed by atoms with Crippen LogP contribution in [-0.2, 0) is 9.59 Å². The molecule has 1 fully saturated rings. The lowest BCUT2D eigenvalue weighted by Gasteiger charge is -2.33. The highest BCUT2D eigenvalue weighted by Gasteiger charge is 2.27. The molecule has 0 spiro atoms. The molecule has 0 aromatic heterocycles. The molecule has 2 rings (SSSR count). The van der Waals surface area contributed by atoms with Gasteiger partial charge >= 0.3 is 0 Å². The molecule has 6 heteroatoms. The van der Waals surface area contributed by atoms with E-state index in [2.05, 4.69) is 15.5 Å². The quantitative estimate of drug-likeness (QED) is 0.792. The molecule has 1 saturated heterocycles. The summed E-state index contributed by atoms with van der Waals surface area (Å²) in [6.07, 6.45) is 1.70. The van der Waals surface area contributed by atoms with Crippen molar-refractivity contribution in [2.45, 2.75) is 46.6 Å². The summed E-state index contributed by atoms with van der Waals surface area (Å²) in [7, 11) is 0. The smallest absolute Gasteiger partial charge is 0.238 e. The first kappa shape index (κ1) is 20.1. The number of hydrogen-bond acceptors (Lipinski definition) is 4. The van der Waals surface area contributed by atoms with Crippen molar-refractivity contribution in [2.24, 2.45) is 5.41 Å². The zero-order valence-electron chi connectivity index (χ0n) is 16.1. The molecule has 6 nitrogen and oxygen atoms in total. The fraction of sp³-hybridized carbons (Fsp3) is 0.550. The fourth-order valence-electron chi connectivity index (χ4n) is 2.83. The normalized spacial score (nSPS) is 16.2. The third-order valence-corrected chi connectivity index (χ3v) is 4.55. The van der Waals surface area contributed by atoms with Crippen LogP contribution < -0.4 is 10.6 Å². The second kappa shape index (κ2) is 8.45. The van der Waals surface area contributed by atoms with Crippen molar-refractivity contribution >= 4 is 23.3 Å². The van der Waals surface area contributed by atoms with Gasteiger partial charge in [-0.3, -0.25) is 19.3 Å². The molecule has 26 heavy (non-hydrogen) atoms. The summed E-state index contributed by atoms with van der Waals surface area (Å²) < 4.78 is 0. The number of ketones is 1.